The first-order chi connectivity index (χ1) is 18.0. The van der Waals surface area contributed by atoms with E-state index in [2.05, 4.69) is 88.4 Å². The van der Waals surface area contributed by atoms with Gasteiger partial charge < -0.3 is 0 Å². The van der Waals surface area contributed by atoms with Crippen molar-refractivity contribution in [2.24, 2.45) is 9.98 Å². The lowest BCUT2D eigenvalue weighted by atomic mass is 9.97. The second-order valence-electron chi connectivity index (χ2n) is 10.4. The van der Waals surface area contributed by atoms with Crippen LogP contribution in [-0.2, 0) is 12.8 Å². The van der Waals surface area contributed by atoms with Crippen LogP contribution < -0.4 is 0 Å². The van der Waals surface area contributed by atoms with E-state index in [0.29, 0.717) is 0 Å². The van der Waals surface area contributed by atoms with Gasteiger partial charge >= 0.3 is 0 Å². The van der Waals surface area contributed by atoms with Gasteiger partial charge in [-0.3, -0.25) is 9.98 Å². The van der Waals surface area contributed by atoms with Crippen molar-refractivity contribution >= 4 is 23.3 Å². The highest BCUT2D eigenvalue weighted by molar-refractivity contribution is 6.30. The number of aryl methyl sites for hydroxylation is 3. The van der Waals surface area contributed by atoms with Gasteiger partial charge in [-0.2, -0.15) is 0 Å². The smallest absolute Gasteiger partial charge is 0.0642 e. The van der Waals surface area contributed by atoms with Gasteiger partial charge in [0.1, 0.15) is 0 Å². The van der Waals surface area contributed by atoms with Crippen LogP contribution in [0.25, 0.3) is 11.1 Å². The molecule has 0 aliphatic carbocycles. The summed E-state index contributed by atoms with van der Waals surface area (Å²) in [6.07, 6.45) is 14.5. The normalized spacial score (nSPS) is 12.0. The number of hydrogen-bond acceptors (Lipinski definition) is 2. The summed E-state index contributed by atoms with van der Waals surface area (Å²) in [4.78, 5) is 9.77. The average Bonchev–Trinajstić information content (AvgIpc) is 2.91. The Balaban J connectivity index is 1.76. The zero-order valence-corrected chi connectivity index (χ0v) is 23.8. The lowest BCUT2D eigenvalue weighted by Gasteiger charge is -2.10. The summed E-state index contributed by atoms with van der Waals surface area (Å²) in [6, 6.07) is 21.8. The molecule has 3 rings (SSSR count). The Hall–Kier alpha value is -3.00. The van der Waals surface area contributed by atoms with Gasteiger partial charge in [-0.1, -0.05) is 88.8 Å². The molecule has 0 bridgehead atoms. The minimum Gasteiger partial charge on any atom is -0.255 e. The van der Waals surface area contributed by atoms with E-state index in [1.807, 2.05) is 13.1 Å². The maximum atomic E-state index is 4.94. The summed E-state index contributed by atoms with van der Waals surface area (Å²) in [7, 11) is 0. The van der Waals surface area contributed by atoms with Crippen LogP contribution in [-0.4, -0.2) is 11.9 Å². The first-order valence-corrected chi connectivity index (χ1v) is 14.4. The molecule has 0 saturated carbocycles. The first-order valence-electron chi connectivity index (χ1n) is 14.4. The van der Waals surface area contributed by atoms with E-state index in [-0.39, 0.29) is 0 Å². The average molecular weight is 495 g/mol. The van der Waals surface area contributed by atoms with Crippen molar-refractivity contribution in [2.45, 2.75) is 98.8 Å². The van der Waals surface area contributed by atoms with Crippen LogP contribution >= 0.6 is 0 Å². The molecule has 0 radical (unpaired) electrons. The van der Waals surface area contributed by atoms with Crippen molar-refractivity contribution in [2.75, 3.05) is 0 Å². The Morgan fingerprint density at radius 3 is 2.19 bits per heavy atom. The molecule has 0 heterocycles. The van der Waals surface area contributed by atoms with Crippen LogP contribution in [0.5, 0.6) is 0 Å². The molecule has 0 atom stereocenters. The molecule has 0 aromatic heterocycles. The van der Waals surface area contributed by atoms with Gasteiger partial charge in [0.05, 0.1) is 17.1 Å². The number of aliphatic imine (C=N–C) groups is 2. The molecular formula is C35H46N2. The number of nitrogens with zero attached hydrogens (tertiary/aromatic N) is 2. The number of hydrogen-bond donors (Lipinski definition) is 0. The Bertz CT molecular complexity index is 1170. The fourth-order valence-electron chi connectivity index (χ4n) is 4.80. The van der Waals surface area contributed by atoms with Gasteiger partial charge in [0, 0.05) is 6.21 Å². The van der Waals surface area contributed by atoms with E-state index in [1.54, 1.807) is 0 Å². The molecule has 0 aliphatic rings. The van der Waals surface area contributed by atoms with Crippen LogP contribution in [0.3, 0.4) is 0 Å². The SMILES string of the molecule is CCCCCCCCc1cc(N=CC(C)=Nc2cc(CCCC)cc(-c3ccccc3)c2)cc(C)c1C. The zero-order chi connectivity index (χ0) is 26.5. The predicted octanol–water partition coefficient (Wildman–Crippen LogP) is 10.7. The first kappa shape index (κ1) is 28.6. The molecule has 0 amide bonds. The molecule has 0 unspecified atom stereocenters. The third-order valence-corrected chi connectivity index (χ3v) is 7.17. The van der Waals surface area contributed by atoms with Gasteiger partial charge in [0.25, 0.3) is 0 Å². The highest BCUT2D eigenvalue weighted by atomic mass is 14.8. The Morgan fingerprint density at radius 2 is 1.43 bits per heavy atom. The second-order valence-corrected chi connectivity index (χ2v) is 10.4. The van der Waals surface area contributed by atoms with Gasteiger partial charge in [-0.05, 0) is 104 Å². The topological polar surface area (TPSA) is 24.7 Å². The highest BCUT2D eigenvalue weighted by Gasteiger charge is 2.06. The van der Waals surface area contributed by atoms with E-state index >= 15 is 0 Å². The highest BCUT2D eigenvalue weighted by Crippen LogP contribution is 2.28. The third kappa shape index (κ3) is 9.43. The zero-order valence-electron chi connectivity index (χ0n) is 23.8. The van der Waals surface area contributed by atoms with Gasteiger partial charge in [0.2, 0.25) is 0 Å². The van der Waals surface area contributed by atoms with E-state index in [1.165, 1.54) is 84.7 Å². The number of unbranched alkanes of at least 4 members (excludes halogenated alkanes) is 6. The predicted molar refractivity (Wildman–Crippen MR) is 164 cm³/mol. The Morgan fingerprint density at radius 1 is 0.703 bits per heavy atom. The molecule has 37 heavy (non-hydrogen) atoms. The third-order valence-electron chi connectivity index (χ3n) is 7.17. The minimum absolute atomic E-state index is 0.919. The van der Waals surface area contributed by atoms with Crippen molar-refractivity contribution < 1.29 is 0 Å². The summed E-state index contributed by atoms with van der Waals surface area (Å²) in [5, 5.41) is 0. The molecule has 2 nitrogen and oxygen atoms in total. The monoisotopic (exact) mass is 494 g/mol. The van der Waals surface area contributed by atoms with Crippen molar-refractivity contribution in [3.8, 4) is 11.1 Å². The fraction of sp³-hybridized carbons (Fsp3) is 0.429. The lowest BCUT2D eigenvalue weighted by molar-refractivity contribution is 0.607. The quantitative estimate of drug-likeness (QED) is 0.157. The van der Waals surface area contributed by atoms with Gasteiger partial charge in [-0.25, -0.2) is 0 Å². The molecule has 3 aromatic rings. The largest absolute Gasteiger partial charge is 0.255 e. The van der Waals surface area contributed by atoms with Crippen LogP contribution in [0.1, 0.15) is 94.4 Å². The van der Waals surface area contributed by atoms with Gasteiger partial charge in [-0.15, -0.1) is 0 Å². The maximum absolute atomic E-state index is 4.94. The van der Waals surface area contributed by atoms with E-state index in [4.69, 9.17) is 9.98 Å². The number of rotatable bonds is 14. The summed E-state index contributed by atoms with van der Waals surface area (Å²) in [6.45, 7) is 11.0. The van der Waals surface area contributed by atoms with E-state index < -0.39 is 0 Å². The molecule has 3 aromatic carbocycles. The van der Waals surface area contributed by atoms with Crippen LogP contribution in [0.15, 0.2) is 70.6 Å². The lowest BCUT2D eigenvalue weighted by Crippen LogP contribution is -1.95. The van der Waals surface area contributed by atoms with Crippen LogP contribution in [0, 0.1) is 13.8 Å². The van der Waals surface area contributed by atoms with Crippen molar-refractivity contribution in [1.82, 2.24) is 0 Å². The Kier molecular flexibility index (Phi) is 11.8. The van der Waals surface area contributed by atoms with Crippen molar-refractivity contribution in [3.63, 3.8) is 0 Å². The molecule has 0 saturated heterocycles. The molecule has 0 aliphatic heterocycles. The van der Waals surface area contributed by atoms with E-state index in [9.17, 15) is 0 Å². The molecule has 2 heteroatoms. The summed E-state index contributed by atoms with van der Waals surface area (Å²) in [5.74, 6) is 0. The van der Waals surface area contributed by atoms with Crippen LogP contribution in [0.4, 0.5) is 11.4 Å². The Labute approximate surface area is 226 Å². The summed E-state index contributed by atoms with van der Waals surface area (Å²) in [5.41, 5.74) is 10.9. The summed E-state index contributed by atoms with van der Waals surface area (Å²) >= 11 is 0. The molecule has 196 valence electrons. The number of benzene rings is 3. The second kappa shape index (κ2) is 15.3. The minimum atomic E-state index is 0.919. The molecule has 0 spiro atoms. The van der Waals surface area contributed by atoms with Crippen LogP contribution in [0.2, 0.25) is 0 Å². The summed E-state index contributed by atoms with van der Waals surface area (Å²) < 4.78 is 0. The molecular weight excluding hydrogens is 448 g/mol. The fourth-order valence-corrected chi connectivity index (χ4v) is 4.80. The molecule has 0 N–H and O–H groups in total. The van der Waals surface area contributed by atoms with Crippen molar-refractivity contribution in [1.29, 1.82) is 0 Å². The van der Waals surface area contributed by atoms with Crippen molar-refractivity contribution in [3.05, 3.63) is 82.9 Å². The maximum Gasteiger partial charge on any atom is 0.0642 e. The van der Waals surface area contributed by atoms with Gasteiger partial charge in [0.15, 0.2) is 0 Å². The van der Waals surface area contributed by atoms with E-state index in [0.717, 1.165) is 29.9 Å². The molecule has 0 fully saturated rings. The standard InChI is InChI=1S/C35H46N2/c1-6-8-10-11-12-14-20-32-24-34(21-27(3)29(32)5)36-26-28(4)37-35-23-30(17-9-7-2)22-33(25-35)31-18-15-13-16-19-31/h13,15-16,18-19,21-26H,6-12,14,17,20H2,1-5H3.